The first-order valence-corrected chi connectivity index (χ1v) is 8.32. The lowest BCUT2D eigenvalue weighted by atomic mass is 10.1. The summed E-state index contributed by atoms with van der Waals surface area (Å²) in [5.41, 5.74) is 5.29. The lowest BCUT2D eigenvalue weighted by molar-refractivity contribution is -0.139. The van der Waals surface area contributed by atoms with E-state index in [0.29, 0.717) is 5.75 Å². The monoisotopic (exact) mass is 365 g/mol. The van der Waals surface area contributed by atoms with Crippen LogP contribution in [0.1, 0.15) is 19.8 Å². The summed E-state index contributed by atoms with van der Waals surface area (Å²) < 4.78 is 0. The molecule has 11 heteroatoms. The molecule has 0 saturated carbocycles. The topological polar surface area (TPSA) is 179 Å². The number of nitrogens with two attached hydrogens (primary N) is 1. The number of hydrogen-bond donors (Lipinski definition) is 6. The van der Waals surface area contributed by atoms with Crippen molar-refractivity contribution < 1.29 is 34.5 Å². The van der Waals surface area contributed by atoms with Crippen molar-refractivity contribution in [1.29, 1.82) is 0 Å². The first kappa shape index (κ1) is 22.1. The second-order valence-electron chi connectivity index (χ2n) is 5.10. The van der Waals surface area contributed by atoms with Gasteiger partial charge in [-0.05, 0) is 13.3 Å². The normalized spacial score (nSPS) is 14.3. The summed E-state index contributed by atoms with van der Waals surface area (Å²) in [6.07, 6.45) is -0.870. The Morgan fingerprint density at radius 3 is 2.29 bits per heavy atom. The molecule has 138 valence electrons. The third-order valence-electron chi connectivity index (χ3n) is 2.71. The molecule has 7 N–H and O–H groups in total. The van der Waals surface area contributed by atoms with Gasteiger partial charge in [0.1, 0.15) is 18.6 Å². The lowest BCUT2D eigenvalue weighted by Crippen LogP contribution is -2.49. The van der Waals surface area contributed by atoms with Crippen molar-refractivity contribution in [3.05, 3.63) is 0 Å². The molecule has 0 aliphatic rings. The molecule has 0 aliphatic heterocycles. The SMILES string of the molecule is CC(O)CSCC(NC(=O)CCC(N)C(=O)O)C(=O)NCC(=O)O. The Morgan fingerprint density at radius 1 is 1.17 bits per heavy atom. The Kier molecular flexibility index (Phi) is 10.8. The van der Waals surface area contributed by atoms with E-state index < -0.39 is 48.5 Å². The highest BCUT2D eigenvalue weighted by atomic mass is 32.2. The Balaban J connectivity index is 4.55. The van der Waals surface area contributed by atoms with Gasteiger partial charge in [-0.3, -0.25) is 19.2 Å². The van der Waals surface area contributed by atoms with Crippen molar-refractivity contribution >= 4 is 35.5 Å². The molecular weight excluding hydrogens is 342 g/mol. The molecule has 0 fully saturated rings. The molecule has 0 heterocycles. The molecule has 0 aliphatic carbocycles. The summed E-state index contributed by atoms with van der Waals surface area (Å²) >= 11 is 1.21. The zero-order chi connectivity index (χ0) is 18.7. The number of carbonyl (C=O) groups excluding carboxylic acids is 2. The molecule has 24 heavy (non-hydrogen) atoms. The van der Waals surface area contributed by atoms with E-state index in [2.05, 4.69) is 10.6 Å². The molecule has 0 aromatic rings. The molecule has 2 amide bonds. The minimum absolute atomic E-state index is 0.0918. The van der Waals surface area contributed by atoms with Gasteiger partial charge in [-0.2, -0.15) is 11.8 Å². The smallest absolute Gasteiger partial charge is 0.322 e. The molecule has 0 aromatic carbocycles. The van der Waals surface area contributed by atoms with Crippen molar-refractivity contribution in [2.45, 2.75) is 38.0 Å². The maximum Gasteiger partial charge on any atom is 0.322 e. The van der Waals surface area contributed by atoms with Gasteiger partial charge in [-0.15, -0.1) is 0 Å². The summed E-state index contributed by atoms with van der Waals surface area (Å²) in [6, 6.07) is -2.18. The minimum Gasteiger partial charge on any atom is -0.480 e. The van der Waals surface area contributed by atoms with E-state index >= 15 is 0 Å². The number of rotatable bonds is 12. The molecule has 0 rings (SSSR count). The Hall–Kier alpha value is -1.85. The fourth-order valence-electron chi connectivity index (χ4n) is 1.50. The van der Waals surface area contributed by atoms with Crippen LogP contribution < -0.4 is 16.4 Å². The van der Waals surface area contributed by atoms with Crippen molar-refractivity contribution in [2.75, 3.05) is 18.1 Å². The summed E-state index contributed by atoms with van der Waals surface area (Å²) in [4.78, 5) is 44.8. The highest BCUT2D eigenvalue weighted by Gasteiger charge is 2.22. The number of nitrogens with one attached hydrogen (secondary N) is 2. The zero-order valence-electron chi connectivity index (χ0n) is 13.2. The number of aliphatic hydroxyl groups excluding tert-OH is 1. The first-order chi connectivity index (χ1) is 11.1. The lowest BCUT2D eigenvalue weighted by Gasteiger charge is -2.18. The third kappa shape index (κ3) is 10.8. The second kappa shape index (κ2) is 11.6. The number of carboxylic acid groups (broad SMARTS) is 2. The van der Waals surface area contributed by atoms with E-state index in [9.17, 15) is 24.3 Å². The molecule has 0 aromatic heterocycles. The number of carboxylic acids is 2. The van der Waals surface area contributed by atoms with Crippen LogP contribution in [0.5, 0.6) is 0 Å². The van der Waals surface area contributed by atoms with Gasteiger partial charge in [0.15, 0.2) is 0 Å². The van der Waals surface area contributed by atoms with Gasteiger partial charge < -0.3 is 31.7 Å². The van der Waals surface area contributed by atoms with Crippen LogP contribution in [0.15, 0.2) is 0 Å². The van der Waals surface area contributed by atoms with Gasteiger partial charge in [0.2, 0.25) is 11.8 Å². The largest absolute Gasteiger partial charge is 0.480 e. The molecule has 0 spiro atoms. The Labute approximate surface area is 143 Å². The van der Waals surface area contributed by atoms with Crippen molar-refractivity contribution in [2.24, 2.45) is 5.73 Å². The molecule has 0 saturated heterocycles. The van der Waals surface area contributed by atoms with E-state index in [-0.39, 0.29) is 18.6 Å². The highest BCUT2D eigenvalue weighted by molar-refractivity contribution is 7.99. The van der Waals surface area contributed by atoms with Gasteiger partial charge in [-0.1, -0.05) is 0 Å². The number of aliphatic hydroxyl groups is 1. The third-order valence-corrected chi connectivity index (χ3v) is 4.00. The summed E-state index contributed by atoms with van der Waals surface area (Å²) in [5.74, 6) is -3.23. The van der Waals surface area contributed by atoms with Gasteiger partial charge in [0.25, 0.3) is 0 Å². The maximum atomic E-state index is 11.9. The van der Waals surface area contributed by atoms with Crippen LogP contribution in [0.25, 0.3) is 0 Å². The van der Waals surface area contributed by atoms with Crippen molar-refractivity contribution in [1.82, 2.24) is 10.6 Å². The number of aliphatic carboxylic acids is 2. The minimum atomic E-state index is -1.23. The zero-order valence-corrected chi connectivity index (χ0v) is 14.0. The summed E-state index contributed by atoms with van der Waals surface area (Å²) in [7, 11) is 0. The summed E-state index contributed by atoms with van der Waals surface area (Å²) in [6.45, 7) is 0.981. The predicted octanol–water partition coefficient (Wildman–Crippen LogP) is -2.02. The van der Waals surface area contributed by atoms with Gasteiger partial charge in [0, 0.05) is 17.9 Å². The van der Waals surface area contributed by atoms with Crippen LogP contribution in [0.4, 0.5) is 0 Å². The van der Waals surface area contributed by atoms with Gasteiger partial charge in [-0.25, -0.2) is 0 Å². The molecule has 3 unspecified atom stereocenters. The Morgan fingerprint density at radius 2 is 1.79 bits per heavy atom. The number of carbonyl (C=O) groups is 4. The van der Waals surface area contributed by atoms with Crippen LogP contribution >= 0.6 is 11.8 Å². The number of amides is 2. The average Bonchev–Trinajstić information content (AvgIpc) is 2.48. The van der Waals surface area contributed by atoms with Crippen LogP contribution in [0, 0.1) is 0 Å². The molecular formula is C13H23N3O7S. The fraction of sp³-hybridized carbons (Fsp3) is 0.692. The van der Waals surface area contributed by atoms with Gasteiger partial charge in [0.05, 0.1) is 6.10 Å². The maximum absolute atomic E-state index is 11.9. The summed E-state index contributed by atoms with van der Waals surface area (Å²) in [5, 5.41) is 31.0. The highest BCUT2D eigenvalue weighted by Crippen LogP contribution is 2.06. The first-order valence-electron chi connectivity index (χ1n) is 7.16. The molecule has 0 radical (unpaired) electrons. The van der Waals surface area contributed by atoms with E-state index in [1.807, 2.05) is 0 Å². The van der Waals surface area contributed by atoms with E-state index in [1.54, 1.807) is 6.92 Å². The predicted molar refractivity (Wildman–Crippen MR) is 86.4 cm³/mol. The second-order valence-corrected chi connectivity index (χ2v) is 6.18. The van der Waals surface area contributed by atoms with Crippen molar-refractivity contribution in [3.63, 3.8) is 0 Å². The fourth-order valence-corrected chi connectivity index (χ4v) is 2.45. The van der Waals surface area contributed by atoms with E-state index in [4.69, 9.17) is 15.9 Å². The standard InChI is InChI=1S/C13H23N3O7S/c1-7(17)5-24-6-9(12(21)15-4-11(19)20)16-10(18)3-2-8(14)13(22)23/h7-9,17H,2-6,14H2,1H3,(H,15,21)(H,16,18)(H,19,20)(H,22,23). The van der Waals surface area contributed by atoms with Crippen LogP contribution in [0.3, 0.4) is 0 Å². The molecule has 0 bridgehead atoms. The number of thioether (sulfide) groups is 1. The molecule has 3 atom stereocenters. The van der Waals surface area contributed by atoms with Crippen molar-refractivity contribution in [3.8, 4) is 0 Å². The quantitative estimate of drug-likeness (QED) is 0.227. The van der Waals surface area contributed by atoms with E-state index in [1.165, 1.54) is 11.8 Å². The Bertz CT molecular complexity index is 459. The van der Waals surface area contributed by atoms with Gasteiger partial charge >= 0.3 is 11.9 Å². The van der Waals surface area contributed by atoms with Crippen LogP contribution in [-0.4, -0.2) is 75.3 Å². The average molecular weight is 365 g/mol. The number of hydrogen-bond acceptors (Lipinski definition) is 7. The molecule has 10 nitrogen and oxygen atoms in total. The van der Waals surface area contributed by atoms with E-state index in [0.717, 1.165) is 0 Å². The van der Waals surface area contributed by atoms with Crippen LogP contribution in [0.2, 0.25) is 0 Å². The van der Waals surface area contributed by atoms with Crippen LogP contribution in [-0.2, 0) is 19.2 Å².